The number of hydrogen-bond acceptors (Lipinski definition) is 3. The second-order valence-electron chi connectivity index (χ2n) is 5.91. The summed E-state index contributed by atoms with van der Waals surface area (Å²) >= 11 is 0. The van der Waals surface area contributed by atoms with Gasteiger partial charge in [-0.25, -0.2) is 4.79 Å². The number of hydrogen-bond donors (Lipinski definition) is 1. The Morgan fingerprint density at radius 3 is 2.28 bits per heavy atom. The number of rotatable bonds is 5. The normalized spacial score (nSPS) is 10.8. The molecule has 6 heteroatoms. The Kier molecular flexibility index (Phi) is 4.52. The standard InChI is InChI=1S/C19H19N3O3/c1-13(23)14-7-9-15(10-8-14)20-18(24)11-12-22-17-6-4-3-5-16(17)21(2)19(22)25/h3-10H,11-12H2,1-2H3,(H,20,24). The molecule has 0 spiro atoms. The molecular weight excluding hydrogens is 318 g/mol. The third-order valence-corrected chi connectivity index (χ3v) is 4.19. The molecular formula is C19H19N3O3. The molecule has 0 fully saturated rings. The first-order chi connectivity index (χ1) is 12.0. The maximum atomic E-state index is 12.3. The van der Waals surface area contributed by atoms with Crippen molar-refractivity contribution in [1.82, 2.24) is 9.13 Å². The molecule has 1 heterocycles. The number of aromatic nitrogens is 2. The number of fused-ring (bicyclic) bond motifs is 1. The van der Waals surface area contributed by atoms with Crippen molar-refractivity contribution in [3.8, 4) is 0 Å². The zero-order valence-corrected chi connectivity index (χ0v) is 14.2. The van der Waals surface area contributed by atoms with Crippen LogP contribution in [0.2, 0.25) is 0 Å². The number of amides is 1. The van der Waals surface area contributed by atoms with E-state index in [1.807, 2.05) is 24.3 Å². The first-order valence-corrected chi connectivity index (χ1v) is 8.02. The van der Waals surface area contributed by atoms with Crippen LogP contribution in [0.15, 0.2) is 53.3 Å². The minimum atomic E-state index is -0.185. The Morgan fingerprint density at radius 1 is 1.00 bits per heavy atom. The van der Waals surface area contributed by atoms with Gasteiger partial charge in [-0.15, -0.1) is 0 Å². The van der Waals surface area contributed by atoms with E-state index in [1.165, 1.54) is 6.92 Å². The van der Waals surface area contributed by atoms with E-state index in [2.05, 4.69) is 5.32 Å². The fraction of sp³-hybridized carbons (Fsp3) is 0.211. The van der Waals surface area contributed by atoms with Crippen LogP contribution in [0.5, 0.6) is 0 Å². The van der Waals surface area contributed by atoms with Crippen LogP contribution in [0.4, 0.5) is 5.69 Å². The smallest absolute Gasteiger partial charge is 0.326 e. The fourth-order valence-corrected chi connectivity index (χ4v) is 2.80. The fourth-order valence-electron chi connectivity index (χ4n) is 2.80. The highest BCUT2D eigenvalue weighted by Gasteiger charge is 2.11. The summed E-state index contributed by atoms with van der Waals surface area (Å²) in [4.78, 5) is 35.7. The number of carbonyl (C=O) groups is 2. The Hall–Kier alpha value is -3.15. The van der Waals surface area contributed by atoms with Crippen LogP contribution in [0.1, 0.15) is 23.7 Å². The van der Waals surface area contributed by atoms with E-state index in [4.69, 9.17) is 0 Å². The van der Waals surface area contributed by atoms with Crippen LogP contribution in [-0.4, -0.2) is 20.8 Å². The molecule has 3 aromatic rings. The Labute approximate surface area is 144 Å². The number of aryl methyl sites for hydroxylation is 2. The van der Waals surface area contributed by atoms with Gasteiger partial charge in [-0.3, -0.25) is 18.7 Å². The Bertz CT molecular complexity index is 997. The third-order valence-electron chi connectivity index (χ3n) is 4.19. The summed E-state index contributed by atoms with van der Waals surface area (Å²) in [6.45, 7) is 1.80. The van der Waals surface area contributed by atoms with E-state index >= 15 is 0 Å². The Balaban J connectivity index is 1.70. The second kappa shape index (κ2) is 6.76. The molecule has 0 unspecified atom stereocenters. The van der Waals surface area contributed by atoms with Crippen molar-refractivity contribution in [2.24, 2.45) is 7.05 Å². The first kappa shape index (κ1) is 16.7. The number of carbonyl (C=O) groups excluding carboxylic acids is 2. The van der Waals surface area contributed by atoms with Gasteiger partial charge in [0.05, 0.1) is 11.0 Å². The summed E-state index contributed by atoms with van der Waals surface area (Å²) in [7, 11) is 1.72. The number of benzene rings is 2. The second-order valence-corrected chi connectivity index (χ2v) is 5.91. The molecule has 25 heavy (non-hydrogen) atoms. The van der Waals surface area contributed by atoms with E-state index in [0.29, 0.717) is 17.8 Å². The van der Waals surface area contributed by atoms with Gasteiger partial charge >= 0.3 is 5.69 Å². The van der Waals surface area contributed by atoms with Crippen LogP contribution in [0, 0.1) is 0 Å². The summed E-state index contributed by atoms with van der Waals surface area (Å²) in [6, 6.07) is 14.2. The minimum absolute atomic E-state index is 0.0202. The van der Waals surface area contributed by atoms with Crippen molar-refractivity contribution in [2.75, 3.05) is 5.32 Å². The molecule has 0 aliphatic carbocycles. The molecule has 0 radical (unpaired) electrons. The van der Waals surface area contributed by atoms with Gasteiger partial charge in [-0.1, -0.05) is 12.1 Å². The monoisotopic (exact) mass is 337 g/mol. The van der Waals surface area contributed by atoms with E-state index in [1.54, 1.807) is 40.4 Å². The van der Waals surface area contributed by atoms with E-state index < -0.39 is 0 Å². The van der Waals surface area contributed by atoms with Crippen molar-refractivity contribution < 1.29 is 9.59 Å². The highest BCUT2D eigenvalue weighted by atomic mass is 16.2. The molecule has 0 aliphatic rings. The summed E-state index contributed by atoms with van der Waals surface area (Å²) in [6.07, 6.45) is 0.183. The molecule has 3 rings (SSSR count). The molecule has 2 aromatic carbocycles. The molecule has 0 atom stereocenters. The molecule has 1 amide bonds. The molecule has 6 nitrogen and oxygen atoms in total. The largest absolute Gasteiger partial charge is 0.328 e. The number of Topliss-reactive ketones (excluding diaryl/α,β-unsaturated/α-hetero) is 1. The number of para-hydroxylation sites is 2. The summed E-state index contributed by atoms with van der Waals surface area (Å²) in [5.74, 6) is -0.205. The van der Waals surface area contributed by atoms with Crippen LogP contribution in [0.3, 0.4) is 0 Å². The molecule has 0 aliphatic heterocycles. The van der Waals surface area contributed by atoms with Gasteiger partial charge in [0.15, 0.2) is 5.78 Å². The van der Waals surface area contributed by atoms with E-state index in [9.17, 15) is 14.4 Å². The number of nitrogens with one attached hydrogen (secondary N) is 1. The molecule has 0 saturated heterocycles. The number of ketones is 1. The first-order valence-electron chi connectivity index (χ1n) is 8.02. The zero-order chi connectivity index (χ0) is 18.0. The van der Waals surface area contributed by atoms with Gasteiger partial charge in [-0.05, 0) is 43.3 Å². The van der Waals surface area contributed by atoms with Crippen LogP contribution in [-0.2, 0) is 18.4 Å². The summed E-state index contributed by atoms with van der Waals surface area (Å²) in [5.41, 5.74) is 2.74. The lowest BCUT2D eigenvalue weighted by atomic mass is 10.1. The average molecular weight is 337 g/mol. The summed E-state index contributed by atoms with van der Waals surface area (Å²) < 4.78 is 3.18. The van der Waals surface area contributed by atoms with Gasteiger partial charge in [0.2, 0.25) is 5.91 Å². The number of imidazole rings is 1. The van der Waals surface area contributed by atoms with E-state index in [0.717, 1.165) is 11.0 Å². The van der Waals surface area contributed by atoms with Gasteiger partial charge in [0.1, 0.15) is 0 Å². The number of anilines is 1. The third kappa shape index (κ3) is 3.38. The average Bonchev–Trinajstić information content (AvgIpc) is 2.85. The topological polar surface area (TPSA) is 73.1 Å². The Morgan fingerprint density at radius 2 is 1.64 bits per heavy atom. The van der Waals surface area contributed by atoms with Crippen molar-refractivity contribution in [3.05, 3.63) is 64.6 Å². The zero-order valence-electron chi connectivity index (χ0n) is 14.2. The predicted molar refractivity (Wildman–Crippen MR) is 96.9 cm³/mol. The lowest BCUT2D eigenvalue weighted by molar-refractivity contribution is -0.116. The lowest BCUT2D eigenvalue weighted by Gasteiger charge is -2.07. The predicted octanol–water partition coefficient (Wildman–Crippen LogP) is 2.57. The van der Waals surface area contributed by atoms with Crippen molar-refractivity contribution >= 4 is 28.4 Å². The molecule has 0 bridgehead atoms. The lowest BCUT2D eigenvalue weighted by Crippen LogP contribution is -2.24. The quantitative estimate of drug-likeness (QED) is 0.727. The van der Waals surface area contributed by atoms with Crippen molar-refractivity contribution in [3.63, 3.8) is 0 Å². The van der Waals surface area contributed by atoms with Crippen LogP contribution >= 0.6 is 0 Å². The maximum absolute atomic E-state index is 12.3. The SMILES string of the molecule is CC(=O)c1ccc(NC(=O)CCn2c(=O)n(C)c3ccccc32)cc1. The molecule has 1 N–H and O–H groups in total. The van der Waals surface area contributed by atoms with Crippen molar-refractivity contribution in [2.45, 2.75) is 19.9 Å². The van der Waals surface area contributed by atoms with E-state index in [-0.39, 0.29) is 23.8 Å². The minimum Gasteiger partial charge on any atom is -0.326 e. The number of nitrogens with zero attached hydrogens (tertiary/aromatic N) is 2. The molecule has 128 valence electrons. The van der Waals surface area contributed by atoms with Crippen LogP contribution in [0.25, 0.3) is 11.0 Å². The highest BCUT2D eigenvalue weighted by Crippen LogP contribution is 2.13. The van der Waals surface area contributed by atoms with Gasteiger partial charge in [-0.2, -0.15) is 0 Å². The van der Waals surface area contributed by atoms with Gasteiger partial charge < -0.3 is 5.32 Å². The molecule has 0 saturated carbocycles. The van der Waals surface area contributed by atoms with Crippen LogP contribution < -0.4 is 11.0 Å². The highest BCUT2D eigenvalue weighted by molar-refractivity contribution is 5.95. The van der Waals surface area contributed by atoms with Gasteiger partial charge in [0.25, 0.3) is 0 Å². The maximum Gasteiger partial charge on any atom is 0.328 e. The van der Waals surface area contributed by atoms with Crippen molar-refractivity contribution in [1.29, 1.82) is 0 Å². The summed E-state index contributed by atoms with van der Waals surface area (Å²) in [5, 5.41) is 2.78. The van der Waals surface area contributed by atoms with Gasteiger partial charge in [0, 0.05) is 31.3 Å². The molecule has 1 aromatic heterocycles.